The fraction of sp³-hybridized carbons (Fsp3) is 0.207. The van der Waals surface area contributed by atoms with Crippen molar-refractivity contribution in [1.29, 1.82) is 0 Å². The zero-order valence-corrected chi connectivity index (χ0v) is 21.1. The van der Waals surface area contributed by atoms with Crippen molar-refractivity contribution >= 4 is 28.3 Å². The first-order valence-corrected chi connectivity index (χ1v) is 11.6. The number of ether oxygens (including phenoxy) is 3. The van der Waals surface area contributed by atoms with Gasteiger partial charge in [-0.15, -0.1) is 0 Å². The van der Waals surface area contributed by atoms with Gasteiger partial charge in [-0.05, 0) is 67.9 Å². The maximum atomic E-state index is 13.9. The number of ketones is 1. The van der Waals surface area contributed by atoms with E-state index in [0.717, 1.165) is 5.56 Å². The van der Waals surface area contributed by atoms with Gasteiger partial charge in [0.1, 0.15) is 5.58 Å². The van der Waals surface area contributed by atoms with E-state index in [4.69, 9.17) is 18.6 Å². The Bertz CT molecular complexity index is 1590. The SMILES string of the molecule is COc1cc(C2c3c(oc4ccc(C)cc4c3=O)C(=O)N2c2ccc(C(C)=O)cc2)cc(OC)c1OC. The second kappa shape index (κ2) is 9.13. The Labute approximate surface area is 213 Å². The number of Topliss-reactive ketones (excluding diaryl/α,β-unsaturated/α-hetero) is 1. The van der Waals surface area contributed by atoms with Crippen LogP contribution < -0.4 is 24.5 Å². The second-order valence-corrected chi connectivity index (χ2v) is 8.81. The number of benzene rings is 3. The number of fused-ring (bicyclic) bond motifs is 2. The lowest BCUT2D eigenvalue weighted by Crippen LogP contribution is -2.29. The van der Waals surface area contributed by atoms with Crippen molar-refractivity contribution < 1.29 is 28.2 Å². The van der Waals surface area contributed by atoms with E-state index >= 15 is 0 Å². The minimum Gasteiger partial charge on any atom is -0.493 e. The van der Waals surface area contributed by atoms with Gasteiger partial charge < -0.3 is 18.6 Å². The number of carbonyl (C=O) groups is 2. The summed E-state index contributed by atoms with van der Waals surface area (Å²) < 4.78 is 22.6. The van der Waals surface area contributed by atoms with Crippen molar-refractivity contribution in [2.45, 2.75) is 19.9 Å². The molecule has 0 radical (unpaired) electrons. The number of methoxy groups -OCH3 is 3. The number of anilines is 1. The molecule has 0 N–H and O–H groups in total. The van der Waals surface area contributed by atoms with E-state index in [1.54, 1.807) is 48.5 Å². The molecule has 8 nitrogen and oxygen atoms in total. The minimum atomic E-state index is -0.847. The maximum absolute atomic E-state index is 13.9. The molecule has 0 spiro atoms. The third-order valence-corrected chi connectivity index (χ3v) is 6.58. The van der Waals surface area contributed by atoms with Crippen molar-refractivity contribution in [1.82, 2.24) is 0 Å². The minimum absolute atomic E-state index is 0.0317. The molecule has 1 atom stereocenters. The molecule has 8 heteroatoms. The number of nitrogens with zero attached hydrogens (tertiary/aromatic N) is 1. The summed E-state index contributed by atoms with van der Waals surface area (Å²) in [6.45, 7) is 3.36. The number of amides is 1. The van der Waals surface area contributed by atoms with Crippen LogP contribution in [0, 0.1) is 6.92 Å². The van der Waals surface area contributed by atoms with E-state index in [0.29, 0.717) is 45.0 Å². The predicted octanol–water partition coefficient (Wildman–Crippen LogP) is 5.08. The Morgan fingerprint density at radius 3 is 2.11 bits per heavy atom. The molecule has 1 amide bonds. The molecular formula is C29H25NO7. The van der Waals surface area contributed by atoms with Gasteiger partial charge in [-0.1, -0.05) is 11.6 Å². The highest BCUT2D eigenvalue weighted by Gasteiger charge is 2.44. The summed E-state index contributed by atoms with van der Waals surface area (Å²) in [5.74, 6) is 0.551. The van der Waals surface area contributed by atoms with Crippen LogP contribution in [0.4, 0.5) is 5.69 Å². The zero-order chi connectivity index (χ0) is 26.4. The van der Waals surface area contributed by atoms with Gasteiger partial charge in [-0.2, -0.15) is 0 Å². The van der Waals surface area contributed by atoms with E-state index in [1.807, 2.05) is 13.0 Å². The molecule has 4 aromatic rings. The Morgan fingerprint density at radius 1 is 0.892 bits per heavy atom. The largest absolute Gasteiger partial charge is 0.493 e. The van der Waals surface area contributed by atoms with Crippen molar-refractivity contribution in [3.63, 3.8) is 0 Å². The fourth-order valence-electron chi connectivity index (χ4n) is 4.78. The third-order valence-electron chi connectivity index (χ3n) is 6.58. The standard InChI is InChI=1S/C29H25NO7/c1-15-6-11-21-20(12-15)26(32)24-25(18-13-22(34-3)27(36-5)23(14-18)35-4)30(29(33)28(24)37-21)19-9-7-17(8-10-19)16(2)31/h6-14,25H,1-5H3. The Kier molecular flexibility index (Phi) is 5.95. The van der Waals surface area contributed by atoms with Gasteiger partial charge in [0.15, 0.2) is 22.7 Å². The molecule has 0 aliphatic carbocycles. The first kappa shape index (κ1) is 24.1. The molecule has 0 bridgehead atoms. The maximum Gasteiger partial charge on any atom is 0.295 e. The van der Waals surface area contributed by atoms with Crippen molar-refractivity contribution in [2.24, 2.45) is 0 Å². The molecule has 2 heterocycles. The lowest BCUT2D eigenvalue weighted by molar-refractivity contribution is 0.0970. The molecule has 0 fully saturated rings. The Balaban J connectivity index is 1.82. The number of aryl methyl sites for hydroxylation is 1. The first-order valence-electron chi connectivity index (χ1n) is 11.6. The van der Waals surface area contributed by atoms with Gasteiger partial charge in [0.25, 0.3) is 5.91 Å². The summed E-state index contributed by atoms with van der Waals surface area (Å²) in [6.07, 6.45) is 0. The van der Waals surface area contributed by atoms with Crippen LogP contribution in [0.5, 0.6) is 17.2 Å². The Hall–Kier alpha value is -4.59. The lowest BCUT2D eigenvalue weighted by Gasteiger charge is -2.26. The van der Waals surface area contributed by atoms with Crippen molar-refractivity contribution in [3.05, 3.63) is 92.8 Å². The van der Waals surface area contributed by atoms with Crippen LogP contribution in [-0.4, -0.2) is 33.0 Å². The molecule has 188 valence electrons. The molecule has 0 saturated heterocycles. The number of carbonyl (C=O) groups excluding carboxylic acids is 2. The molecule has 0 saturated carbocycles. The summed E-state index contributed by atoms with van der Waals surface area (Å²) in [5.41, 5.74) is 2.72. The van der Waals surface area contributed by atoms with Gasteiger partial charge in [0, 0.05) is 11.3 Å². The van der Waals surface area contributed by atoms with E-state index in [-0.39, 0.29) is 22.5 Å². The predicted molar refractivity (Wildman–Crippen MR) is 138 cm³/mol. The second-order valence-electron chi connectivity index (χ2n) is 8.81. The highest BCUT2D eigenvalue weighted by Crippen LogP contribution is 2.46. The van der Waals surface area contributed by atoms with Crippen molar-refractivity contribution in [2.75, 3.05) is 26.2 Å². The van der Waals surface area contributed by atoms with Gasteiger partial charge in [0.2, 0.25) is 11.5 Å². The average molecular weight is 500 g/mol. The molecule has 5 rings (SSSR count). The summed E-state index contributed by atoms with van der Waals surface area (Å²) >= 11 is 0. The van der Waals surface area contributed by atoms with Crippen LogP contribution in [0.25, 0.3) is 11.0 Å². The van der Waals surface area contributed by atoms with E-state index in [2.05, 4.69) is 0 Å². The van der Waals surface area contributed by atoms with Gasteiger partial charge >= 0.3 is 0 Å². The van der Waals surface area contributed by atoms with Crippen molar-refractivity contribution in [3.8, 4) is 17.2 Å². The third kappa shape index (κ3) is 3.81. The van der Waals surface area contributed by atoms with Gasteiger partial charge in [-0.3, -0.25) is 19.3 Å². The topological polar surface area (TPSA) is 95.3 Å². The zero-order valence-electron chi connectivity index (χ0n) is 21.1. The summed E-state index contributed by atoms with van der Waals surface area (Å²) in [6, 6.07) is 14.5. The number of hydrogen-bond donors (Lipinski definition) is 0. The monoisotopic (exact) mass is 499 g/mol. The molecule has 1 unspecified atom stereocenters. The van der Waals surface area contributed by atoms with Crippen LogP contribution in [-0.2, 0) is 0 Å². The highest BCUT2D eigenvalue weighted by molar-refractivity contribution is 6.11. The molecule has 1 aliphatic rings. The van der Waals surface area contributed by atoms with Crippen LogP contribution in [0.3, 0.4) is 0 Å². The normalized spacial score (nSPS) is 14.6. The van der Waals surface area contributed by atoms with Crippen LogP contribution in [0.2, 0.25) is 0 Å². The average Bonchev–Trinajstić information content (AvgIpc) is 3.20. The first-order chi connectivity index (χ1) is 17.8. The lowest BCUT2D eigenvalue weighted by atomic mass is 9.97. The summed E-state index contributed by atoms with van der Waals surface area (Å²) in [5, 5.41) is 0.387. The summed E-state index contributed by atoms with van der Waals surface area (Å²) in [7, 11) is 4.50. The highest BCUT2D eigenvalue weighted by atomic mass is 16.5. The van der Waals surface area contributed by atoms with E-state index in [1.165, 1.54) is 33.2 Å². The fourth-order valence-corrected chi connectivity index (χ4v) is 4.78. The van der Waals surface area contributed by atoms with E-state index < -0.39 is 11.9 Å². The van der Waals surface area contributed by atoms with Crippen LogP contribution in [0.1, 0.15) is 50.6 Å². The smallest absolute Gasteiger partial charge is 0.295 e. The van der Waals surface area contributed by atoms with Gasteiger partial charge in [0.05, 0.1) is 38.3 Å². The Morgan fingerprint density at radius 2 is 1.54 bits per heavy atom. The molecule has 1 aliphatic heterocycles. The van der Waals surface area contributed by atoms with Crippen LogP contribution >= 0.6 is 0 Å². The summed E-state index contributed by atoms with van der Waals surface area (Å²) in [4.78, 5) is 41.0. The number of rotatable bonds is 6. The number of hydrogen-bond acceptors (Lipinski definition) is 7. The van der Waals surface area contributed by atoms with E-state index in [9.17, 15) is 14.4 Å². The molecule has 3 aromatic carbocycles. The molecule has 1 aromatic heterocycles. The molecule has 37 heavy (non-hydrogen) atoms. The molecular weight excluding hydrogens is 474 g/mol. The van der Waals surface area contributed by atoms with Crippen LogP contribution in [0.15, 0.2) is 63.8 Å². The quantitative estimate of drug-likeness (QED) is 0.342. The van der Waals surface area contributed by atoms with Gasteiger partial charge in [-0.25, -0.2) is 0 Å².